The standard InChI is InChI=1S/C19H34N6O7/c1-4-9(2)15(19(31)32)25-18(30)12(6-8-14(22)27)24-17(29)11(5-7-13(21)26)23-16(28)10(3)20/h9-12,15H,4-8,20H2,1-3H3,(H2,21,26)(H2,22,27)(H,23,28)(H,24,29)(H,25,30)(H,31,32). The van der Waals surface area contributed by atoms with E-state index in [0.29, 0.717) is 6.42 Å². The van der Waals surface area contributed by atoms with E-state index in [-0.39, 0.29) is 25.7 Å². The molecule has 0 aliphatic rings. The maximum Gasteiger partial charge on any atom is 0.326 e. The highest BCUT2D eigenvalue weighted by molar-refractivity contribution is 5.94. The van der Waals surface area contributed by atoms with E-state index in [1.54, 1.807) is 13.8 Å². The van der Waals surface area contributed by atoms with E-state index in [2.05, 4.69) is 16.0 Å². The van der Waals surface area contributed by atoms with E-state index in [0.717, 1.165) is 0 Å². The van der Waals surface area contributed by atoms with Gasteiger partial charge in [0.05, 0.1) is 6.04 Å². The third-order valence-corrected chi connectivity index (χ3v) is 4.82. The lowest BCUT2D eigenvalue weighted by atomic mass is 9.98. The van der Waals surface area contributed by atoms with Gasteiger partial charge in [-0.05, 0) is 25.7 Å². The number of aliphatic carboxylic acids is 1. The second-order valence-corrected chi connectivity index (χ2v) is 7.63. The number of rotatable bonds is 15. The minimum absolute atomic E-state index is 0.158. The Morgan fingerprint density at radius 2 is 1.19 bits per heavy atom. The quantitative estimate of drug-likeness (QED) is 0.137. The van der Waals surface area contributed by atoms with Crippen molar-refractivity contribution in [1.29, 1.82) is 0 Å². The van der Waals surface area contributed by atoms with E-state index >= 15 is 0 Å². The Labute approximate surface area is 186 Å². The summed E-state index contributed by atoms with van der Waals surface area (Å²) in [6.07, 6.45) is -0.395. The molecule has 0 spiro atoms. The Kier molecular flexibility index (Phi) is 12.6. The van der Waals surface area contributed by atoms with Crippen LogP contribution in [0.25, 0.3) is 0 Å². The Morgan fingerprint density at radius 1 is 0.781 bits per heavy atom. The molecule has 0 saturated carbocycles. The van der Waals surface area contributed by atoms with Crippen molar-refractivity contribution in [3.8, 4) is 0 Å². The Morgan fingerprint density at radius 3 is 1.53 bits per heavy atom. The molecule has 5 atom stereocenters. The fourth-order valence-electron chi connectivity index (χ4n) is 2.62. The average Bonchev–Trinajstić information content (AvgIpc) is 2.70. The van der Waals surface area contributed by atoms with Crippen molar-refractivity contribution in [2.75, 3.05) is 0 Å². The van der Waals surface area contributed by atoms with E-state index < -0.39 is 65.6 Å². The Hall–Kier alpha value is -3.22. The van der Waals surface area contributed by atoms with Gasteiger partial charge in [-0.3, -0.25) is 24.0 Å². The van der Waals surface area contributed by atoms with Crippen LogP contribution in [-0.4, -0.2) is 64.8 Å². The lowest BCUT2D eigenvalue weighted by Crippen LogP contribution is -2.57. The molecule has 0 saturated heterocycles. The van der Waals surface area contributed by atoms with Crippen molar-refractivity contribution in [3.63, 3.8) is 0 Å². The van der Waals surface area contributed by atoms with Gasteiger partial charge in [-0.15, -0.1) is 0 Å². The summed E-state index contributed by atoms with van der Waals surface area (Å²) in [4.78, 5) is 71.2. The SMILES string of the molecule is CCC(C)C(NC(=O)C(CCC(N)=O)NC(=O)C(CCC(N)=O)NC(=O)C(C)N)C(=O)O. The van der Waals surface area contributed by atoms with Gasteiger partial charge in [-0.2, -0.15) is 0 Å². The number of carboxylic acids is 1. The van der Waals surface area contributed by atoms with Crippen molar-refractivity contribution < 1.29 is 33.9 Å². The Balaban J connectivity index is 5.59. The highest BCUT2D eigenvalue weighted by Gasteiger charge is 2.31. The number of amides is 5. The summed E-state index contributed by atoms with van der Waals surface area (Å²) in [5.74, 6) is -5.44. The van der Waals surface area contributed by atoms with Crippen molar-refractivity contribution in [3.05, 3.63) is 0 Å². The number of hydrogen-bond donors (Lipinski definition) is 7. The summed E-state index contributed by atoms with van der Waals surface area (Å²) in [5.41, 5.74) is 15.7. The zero-order chi connectivity index (χ0) is 25.0. The maximum atomic E-state index is 12.8. The molecule has 0 heterocycles. The first-order valence-electron chi connectivity index (χ1n) is 10.3. The number of nitrogens with two attached hydrogens (primary N) is 3. The molecule has 0 rings (SSSR count). The molecule has 0 radical (unpaired) electrons. The normalized spacial score (nSPS) is 15.4. The van der Waals surface area contributed by atoms with Gasteiger partial charge in [-0.1, -0.05) is 20.3 Å². The molecule has 0 aromatic rings. The van der Waals surface area contributed by atoms with E-state index in [4.69, 9.17) is 17.2 Å². The fourth-order valence-corrected chi connectivity index (χ4v) is 2.62. The molecule has 0 aromatic carbocycles. The summed E-state index contributed by atoms with van der Waals surface area (Å²) in [5, 5.41) is 16.5. The summed E-state index contributed by atoms with van der Waals surface area (Å²) < 4.78 is 0. The van der Waals surface area contributed by atoms with Crippen molar-refractivity contribution in [2.24, 2.45) is 23.1 Å². The molecular formula is C19H34N6O7. The van der Waals surface area contributed by atoms with Crippen LogP contribution in [-0.2, 0) is 28.8 Å². The summed E-state index contributed by atoms with van der Waals surface area (Å²) in [7, 11) is 0. The molecule has 0 aromatic heterocycles. The predicted molar refractivity (Wildman–Crippen MR) is 113 cm³/mol. The van der Waals surface area contributed by atoms with Crippen LogP contribution < -0.4 is 33.2 Å². The monoisotopic (exact) mass is 458 g/mol. The van der Waals surface area contributed by atoms with Gasteiger partial charge in [0.1, 0.15) is 18.1 Å². The van der Waals surface area contributed by atoms with Gasteiger partial charge in [0.15, 0.2) is 0 Å². The number of nitrogens with one attached hydrogen (secondary N) is 3. The first-order valence-corrected chi connectivity index (χ1v) is 10.3. The van der Waals surface area contributed by atoms with Crippen LogP contribution in [0.3, 0.4) is 0 Å². The largest absolute Gasteiger partial charge is 0.480 e. The topological polar surface area (TPSA) is 237 Å². The first kappa shape index (κ1) is 28.8. The smallest absolute Gasteiger partial charge is 0.326 e. The van der Waals surface area contributed by atoms with Gasteiger partial charge in [0.2, 0.25) is 29.5 Å². The van der Waals surface area contributed by atoms with Gasteiger partial charge in [0.25, 0.3) is 0 Å². The van der Waals surface area contributed by atoms with Crippen LogP contribution in [0.4, 0.5) is 0 Å². The van der Waals surface area contributed by atoms with Crippen LogP contribution in [0, 0.1) is 5.92 Å². The molecule has 32 heavy (non-hydrogen) atoms. The number of carbonyl (C=O) groups excluding carboxylic acids is 5. The van der Waals surface area contributed by atoms with Crippen molar-refractivity contribution in [2.45, 2.75) is 77.0 Å². The van der Waals surface area contributed by atoms with Gasteiger partial charge in [-0.25, -0.2) is 4.79 Å². The number of carbonyl (C=O) groups is 6. The third-order valence-electron chi connectivity index (χ3n) is 4.82. The van der Waals surface area contributed by atoms with Gasteiger partial charge < -0.3 is 38.3 Å². The van der Waals surface area contributed by atoms with Gasteiger partial charge >= 0.3 is 5.97 Å². The highest BCUT2D eigenvalue weighted by Crippen LogP contribution is 2.10. The predicted octanol–water partition coefficient (Wildman–Crippen LogP) is -2.55. The first-order chi connectivity index (χ1) is 14.8. The van der Waals surface area contributed by atoms with E-state index in [1.165, 1.54) is 6.92 Å². The molecule has 10 N–H and O–H groups in total. The van der Waals surface area contributed by atoms with E-state index in [1.807, 2.05) is 0 Å². The zero-order valence-electron chi connectivity index (χ0n) is 18.6. The van der Waals surface area contributed by atoms with E-state index in [9.17, 15) is 33.9 Å². The minimum Gasteiger partial charge on any atom is -0.480 e. The number of primary amides is 2. The van der Waals surface area contributed by atoms with Gasteiger partial charge in [0, 0.05) is 12.8 Å². The van der Waals surface area contributed by atoms with Crippen LogP contribution in [0.5, 0.6) is 0 Å². The molecule has 0 aliphatic heterocycles. The third kappa shape index (κ3) is 10.7. The lowest BCUT2D eigenvalue weighted by Gasteiger charge is -2.26. The van der Waals surface area contributed by atoms with Crippen molar-refractivity contribution >= 4 is 35.5 Å². The summed E-state index contributed by atoms with van der Waals surface area (Å²) in [6.45, 7) is 4.78. The minimum atomic E-state index is -1.32. The highest BCUT2D eigenvalue weighted by atomic mass is 16.4. The number of hydrogen-bond acceptors (Lipinski definition) is 7. The van der Waals surface area contributed by atoms with Crippen LogP contribution in [0.15, 0.2) is 0 Å². The molecule has 0 fully saturated rings. The molecule has 0 aliphatic carbocycles. The lowest BCUT2D eigenvalue weighted by molar-refractivity contribution is -0.144. The summed E-state index contributed by atoms with van der Waals surface area (Å²) >= 11 is 0. The number of carboxylic acid groups (broad SMARTS) is 1. The molecule has 182 valence electrons. The molecule has 5 unspecified atom stereocenters. The second kappa shape index (κ2) is 14.0. The molecule has 13 heteroatoms. The molecule has 13 nitrogen and oxygen atoms in total. The van der Waals surface area contributed by atoms with Crippen LogP contribution in [0.1, 0.15) is 52.9 Å². The van der Waals surface area contributed by atoms with Crippen LogP contribution >= 0.6 is 0 Å². The Bertz CT molecular complexity index is 712. The molecule has 5 amide bonds. The zero-order valence-corrected chi connectivity index (χ0v) is 18.6. The average molecular weight is 459 g/mol. The fraction of sp³-hybridized carbons (Fsp3) is 0.684. The second-order valence-electron chi connectivity index (χ2n) is 7.63. The van der Waals surface area contributed by atoms with Crippen LogP contribution in [0.2, 0.25) is 0 Å². The maximum absolute atomic E-state index is 12.8. The summed E-state index contributed by atoms with van der Waals surface area (Å²) in [6, 6.07) is -4.72. The molecular weight excluding hydrogens is 424 g/mol. The molecule has 0 bridgehead atoms. The van der Waals surface area contributed by atoms with Crippen molar-refractivity contribution in [1.82, 2.24) is 16.0 Å².